The van der Waals surface area contributed by atoms with E-state index in [1.54, 1.807) is 17.9 Å². The molecular formula is C15H18N4OS. The van der Waals surface area contributed by atoms with Crippen LogP contribution in [0.3, 0.4) is 0 Å². The molecule has 2 rings (SSSR count). The minimum atomic E-state index is -0.0629. The molecule has 0 spiro atoms. The number of nitrogens with two attached hydrogens (primary N) is 1. The highest BCUT2D eigenvalue weighted by Gasteiger charge is 2.13. The summed E-state index contributed by atoms with van der Waals surface area (Å²) in [6.45, 7) is 0. The molecule has 0 unspecified atom stereocenters. The number of hydrogen-bond acceptors (Lipinski definition) is 3. The van der Waals surface area contributed by atoms with Gasteiger partial charge in [0.1, 0.15) is 10.8 Å². The molecular weight excluding hydrogens is 284 g/mol. The summed E-state index contributed by atoms with van der Waals surface area (Å²) in [5.74, 6) is 0.485. The van der Waals surface area contributed by atoms with E-state index in [1.165, 1.54) is 5.56 Å². The molecule has 0 aliphatic rings. The molecule has 1 aromatic heterocycles. The summed E-state index contributed by atoms with van der Waals surface area (Å²) in [5, 5.41) is 6.87. The lowest BCUT2D eigenvalue weighted by Gasteiger charge is -2.08. The van der Waals surface area contributed by atoms with Gasteiger partial charge in [0.15, 0.2) is 0 Å². The Morgan fingerprint density at radius 1 is 1.38 bits per heavy atom. The van der Waals surface area contributed by atoms with E-state index < -0.39 is 0 Å². The molecule has 0 aliphatic carbocycles. The third kappa shape index (κ3) is 4.13. The summed E-state index contributed by atoms with van der Waals surface area (Å²) in [6, 6.07) is 10.1. The van der Waals surface area contributed by atoms with Crippen LogP contribution in [0.2, 0.25) is 0 Å². The Hall–Kier alpha value is -2.21. The van der Waals surface area contributed by atoms with Crippen molar-refractivity contribution in [1.29, 1.82) is 0 Å². The number of hydrogen-bond donors (Lipinski definition) is 2. The quantitative estimate of drug-likeness (QED) is 0.801. The zero-order chi connectivity index (χ0) is 15.2. The number of rotatable bonds is 6. The predicted octanol–water partition coefficient (Wildman–Crippen LogP) is 2.02. The zero-order valence-electron chi connectivity index (χ0n) is 11.9. The molecule has 1 heterocycles. The molecule has 6 heteroatoms. The highest BCUT2D eigenvalue weighted by atomic mass is 32.1. The first kappa shape index (κ1) is 15.2. The third-order valence-corrected chi connectivity index (χ3v) is 3.39. The molecule has 5 nitrogen and oxygen atoms in total. The number of amides is 1. The van der Waals surface area contributed by atoms with Crippen LogP contribution in [0.25, 0.3) is 0 Å². The molecule has 110 valence electrons. The van der Waals surface area contributed by atoms with Crippen molar-refractivity contribution < 1.29 is 4.79 Å². The Bertz CT molecular complexity index is 636. The topological polar surface area (TPSA) is 72.9 Å². The Labute approximate surface area is 129 Å². The molecule has 0 atom stereocenters. The maximum atomic E-state index is 12.0. The molecule has 0 saturated heterocycles. The van der Waals surface area contributed by atoms with Crippen LogP contribution in [0, 0.1) is 0 Å². The first-order chi connectivity index (χ1) is 10.1. The van der Waals surface area contributed by atoms with E-state index in [-0.39, 0.29) is 10.9 Å². The SMILES string of the molecule is Cn1ncc(C(N)=S)c1NC(=O)CCCc1ccccc1. The first-order valence-corrected chi connectivity index (χ1v) is 7.14. The number of benzene rings is 1. The molecule has 3 N–H and O–H groups in total. The number of carbonyl (C=O) groups excluding carboxylic acids is 1. The fourth-order valence-corrected chi connectivity index (χ4v) is 2.21. The summed E-state index contributed by atoms with van der Waals surface area (Å²) < 4.78 is 1.56. The summed E-state index contributed by atoms with van der Waals surface area (Å²) in [5.41, 5.74) is 7.42. The van der Waals surface area contributed by atoms with Gasteiger partial charge in [0.25, 0.3) is 0 Å². The van der Waals surface area contributed by atoms with Crippen LogP contribution in [0.15, 0.2) is 36.5 Å². The summed E-state index contributed by atoms with van der Waals surface area (Å²) in [7, 11) is 1.74. The van der Waals surface area contributed by atoms with Crippen LogP contribution in [0.5, 0.6) is 0 Å². The van der Waals surface area contributed by atoms with E-state index in [9.17, 15) is 4.79 Å². The molecule has 1 aromatic carbocycles. The smallest absolute Gasteiger partial charge is 0.225 e. The van der Waals surface area contributed by atoms with Crippen molar-refractivity contribution in [3.8, 4) is 0 Å². The van der Waals surface area contributed by atoms with E-state index in [1.807, 2.05) is 18.2 Å². The summed E-state index contributed by atoms with van der Waals surface area (Å²) >= 11 is 4.94. The van der Waals surface area contributed by atoms with Gasteiger partial charge >= 0.3 is 0 Å². The van der Waals surface area contributed by atoms with Crippen molar-refractivity contribution in [1.82, 2.24) is 9.78 Å². The molecule has 0 radical (unpaired) electrons. The lowest BCUT2D eigenvalue weighted by molar-refractivity contribution is -0.116. The van der Waals surface area contributed by atoms with Gasteiger partial charge in [-0.2, -0.15) is 5.10 Å². The Morgan fingerprint density at radius 3 is 2.76 bits per heavy atom. The number of aryl methyl sites for hydroxylation is 2. The summed E-state index contributed by atoms with van der Waals surface area (Å²) in [6.07, 6.45) is 3.66. The van der Waals surface area contributed by atoms with Gasteiger partial charge < -0.3 is 11.1 Å². The second-order valence-corrected chi connectivity index (χ2v) is 5.22. The van der Waals surface area contributed by atoms with Gasteiger partial charge in [-0.05, 0) is 18.4 Å². The first-order valence-electron chi connectivity index (χ1n) is 6.73. The number of anilines is 1. The van der Waals surface area contributed by atoms with Gasteiger partial charge in [-0.15, -0.1) is 0 Å². The van der Waals surface area contributed by atoms with E-state index in [0.717, 1.165) is 12.8 Å². The van der Waals surface area contributed by atoms with Gasteiger partial charge in [-0.1, -0.05) is 42.5 Å². The minimum Gasteiger partial charge on any atom is -0.389 e. The lowest BCUT2D eigenvalue weighted by Crippen LogP contribution is -2.18. The maximum Gasteiger partial charge on any atom is 0.225 e. The van der Waals surface area contributed by atoms with Crippen LogP contribution in [0.4, 0.5) is 5.82 Å². The molecule has 0 aliphatic heterocycles. The number of carbonyl (C=O) groups is 1. The third-order valence-electron chi connectivity index (χ3n) is 3.17. The number of thiocarbonyl (C=S) groups is 1. The highest BCUT2D eigenvalue weighted by Crippen LogP contribution is 2.14. The van der Waals surface area contributed by atoms with Crippen LogP contribution < -0.4 is 11.1 Å². The fourth-order valence-electron chi connectivity index (χ4n) is 2.06. The van der Waals surface area contributed by atoms with Crippen molar-refractivity contribution in [2.24, 2.45) is 12.8 Å². The average molecular weight is 302 g/mol. The van der Waals surface area contributed by atoms with E-state index in [4.69, 9.17) is 18.0 Å². The van der Waals surface area contributed by atoms with Gasteiger partial charge in [-0.3, -0.25) is 9.48 Å². The van der Waals surface area contributed by atoms with Crippen molar-refractivity contribution in [2.45, 2.75) is 19.3 Å². The normalized spacial score (nSPS) is 10.3. The van der Waals surface area contributed by atoms with Crippen LogP contribution in [0.1, 0.15) is 24.0 Å². The van der Waals surface area contributed by atoms with Crippen LogP contribution >= 0.6 is 12.2 Å². The van der Waals surface area contributed by atoms with Crippen LogP contribution in [-0.2, 0) is 18.3 Å². The van der Waals surface area contributed by atoms with Crippen molar-refractivity contribution in [3.63, 3.8) is 0 Å². The van der Waals surface area contributed by atoms with Crippen molar-refractivity contribution in [2.75, 3.05) is 5.32 Å². The van der Waals surface area contributed by atoms with Gasteiger partial charge in [0, 0.05) is 13.5 Å². The molecule has 1 amide bonds. The molecule has 2 aromatic rings. The summed E-state index contributed by atoms with van der Waals surface area (Å²) in [4.78, 5) is 12.2. The van der Waals surface area contributed by atoms with Gasteiger partial charge in [0.2, 0.25) is 5.91 Å². The number of aromatic nitrogens is 2. The second-order valence-electron chi connectivity index (χ2n) is 4.78. The van der Waals surface area contributed by atoms with Gasteiger partial charge in [0.05, 0.1) is 11.8 Å². The second kappa shape index (κ2) is 6.99. The van der Waals surface area contributed by atoms with Crippen molar-refractivity contribution >= 4 is 28.9 Å². The average Bonchev–Trinajstić information content (AvgIpc) is 2.81. The largest absolute Gasteiger partial charge is 0.389 e. The number of nitrogens with one attached hydrogen (secondary N) is 1. The number of nitrogens with zero attached hydrogens (tertiary/aromatic N) is 2. The predicted molar refractivity (Wildman–Crippen MR) is 87.1 cm³/mol. The monoisotopic (exact) mass is 302 g/mol. The lowest BCUT2D eigenvalue weighted by atomic mass is 10.1. The van der Waals surface area contributed by atoms with Gasteiger partial charge in [-0.25, -0.2) is 0 Å². The molecule has 0 saturated carbocycles. The molecule has 21 heavy (non-hydrogen) atoms. The van der Waals surface area contributed by atoms with E-state index in [2.05, 4.69) is 22.5 Å². The van der Waals surface area contributed by atoms with Crippen molar-refractivity contribution in [3.05, 3.63) is 47.7 Å². The zero-order valence-corrected chi connectivity index (χ0v) is 12.7. The Morgan fingerprint density at radius 2 is 2.10 bits per heavy atom. The maximum absolute atomic E-state index is 12.0. The Kier molecular flexibility index (Phi) is 5.05. The van der Waals surface area contributed by atoms with E-state index >= 15 is 0 Å². The van der Waals surface area contributed by atoms with Crippen LogP contribution in [-0.4, -0.2) is 20.7 Å². The highest BCUT2D eigenvalue weighted by molar-refractivity contribution is 7.80. The molecule has 0 fully saturated rings. The fraction of sp³-hybridized carbons (Fsp3) is 0.267. The minimum absolute atomic E-state index is 0.0629. The standard InChI is InChI=1S/C15H18N4OS/c1-19-15(12(10-17-19)14(16)21)18-13(20)9-5-8-11-6-3-2-4-7-11/h2-4,6-7,10H,5,8-9H2,1H3,(H2,16,21)(H,18,20). The van der Waals surface area contributed by atoms with E-state index in [0.29, 0.717) is 17.8 Å². The Balaban J connectivity index is 1.88. The molecule has 0 bridgehead atoms.